The molecule has 23 heavy (non-hydrogen) atoms. The molecule has 0 saturated carbocycles. The first-order chi connectivity index (χ1) is 10.9. The summed E-state index contributed by atoms with van der Waals surface area (Å²) in [4.78, 5) is 15.6. The summed E-state index contributed by atoms with van der Waals surface area (Å²) < 4.78 is 43.8. The van der Waals surface area contributed by atoms with Crippen molar-refractivity contribution in [3.05, 3.63) is 63.7 Å². The highest BCUT2D eigenvalue weighted by atomic mass is 35.5. The van der Waals surface area contributed by atoms with E-state index in [2.05, 4.69) is 10.1 Å². The Morgan fingerprint density at radius 2 is 1.91 bits per heavy atom. The summed E-state index contributed by atoms with van der Waals surface area (Å²) in [5.74, 6) is -1.38. The molecular formula is C14H7ClF3N3O2. The van der Waals surface area contributed by atoms with Gasteiger partial charge in [0, 0.05) is 6.20 Å². The van der Waals surface area contributed by atoms with Crippen LogP contribution in [-0.4, -0.2) is 14.8 Å². The molecule has 118 valence electrons. The van der Waals surface area contributed by atoms with Crippen molar-refractivity contribution < 1.29 is 17.6 Å². The van der Waals surface area contributed by atoms with Gasteiger partial charge in [0.05, 0.1) is 16.1 Å². The van der Waals surface area contributed by atoms with Crippen LogP contribution in [0.3, 0.4) is 0 Å². The number of halogens is 4. The molecule has 0 saturated heterocycles. The van der Waals surface area contributed by atoms with Gasteiger partial charge in [-0.1, -0.05) is 23.7 Å². The Morgan fingerprint density at radius 3 is 2.61 bits per heavy atom. The molecule has 0 aliphatic carbocycles. The molecule has 3 rings (SSSR count). The zero-order valence-corrected chi connectivity index (χ0v) is 12.0. The van der Waals surface area contributed by atoms with Crippen molar-refractivity contribution in [2.45, 2.75) is 6.18 Å². The number of aromatic nitrogens is 3. The van der Waals surface area contributed by atoms with E-state index in [1.54, 1.807) is 24.3 Å². The van der Waals surface area contributed by atoms with Crippen LogP contribution in [0.4, 0.5) is 13.2 Å². The summed E-state index contributed by atoms with van der Waals surface area (Å²) >= 11 is 5.98. The van der Waals surface area contributed by atoms with Crippen molar-refractivity contribution >= 4 is 11.6 Å². The molecule has 0 unspecified atom stereocenters. The van der Waals surface area contributed by atoms with Crippen LogP contribution in [0.1, 0.15) is 5.56 Å². The molecule has 0 aliphatic heterocycles. The number of nitrogens with zero attached hydrogens (tertiary/aromatic N) is 3. The molecule has 0 N–H and O–H groups in total. The van der Waals surface area contributed by atoms with Gasteiger partial charge in [0.25, 0.3) is 5.89 Å². The summed E-state index contributed by atoms with van der Waals surface area (Å²) in [5, 5.41) is 4.15. The van der Waals surface area contributed by atoms with Crippen LogP contribution in [0.15, 0.2) is 51.8 Å². The fourth-order valence-corrected chi connectivity index (χ4v) is 2.09. The second kappa shape index (κ2) is 5.54. The summed E-state index contributed by atoms with van der Waals surface area (Å²) in [6, 6.07) is 7.97. The third-order valence-electron chi connectivity index (χ3n) is 2.94. The molecule has 0 aliphatic rings. The minimum absolute atomic E-state index is 0.111. The first kappa shape index (κ1) is 15.3. The first-order valence-electron chi connectivity index (χ1n) is 6.25. The SMILES string of the molecule is O=c1oc(-c2ccccc2Cl)nn1-c1cc(C(F)(F)F)ccn1. The lowest BCUT2D eigenvalue weighted by atomic mass is 10.2. The Hall–Kier alpha value is -2.61. The molecule has 0 spiro atoms. The largest absolute Gasteiger partial charge is 0.443 e. The molecule has 0 fully saturated rings. The first-order valence-corrected chi connectivity index (χ1v) is 6.63. The van der Waals surface area contributed by atoms with Crippen LogP contribution in [0, 0.1) is 0 Å². The smallest absolute Gasteiger partial charge is 0.387 e. The van der Waals surface area contributed by atoms with E-state index >= 15 is 0 Å². The molecule has 0 atom stereocenters. The van der Waals surface area contributed by atoms with Crippen LogP contribution >= 0.6 is 11.6 Å². The highest BCUT2D eigenvalue weighted by Crippen LogP contribution is 2.30. The van der Waals surface area contributed by atoms with E-state index < -0.39 is 17.5 Å². The lowest BCUT2D eigenvalue weighted by molar-refractivity contribution is -0.137. The van der Waals surface area contributed by atoms with E-state index in [0.717, 1.165) is 12.3 Å². The van der Waals surface area contributed by atoms with E-state index in [1.165, 1.54) is 0 Å². The highest BCUT2D eigenvalue weighted by Gasteiger charge is 2.31. The van der Waals surface area contributed by atoms with E-state index in [-0.39, 0.29) is 16.7 Å². The third-order valence-corrected chi connectivity index (χ3v) is 3.27. The maximum Gasteiger partial charge on any atom is 0.443 e. The summed E-state index contributed by atoms with van der Waals surface area (Å²) in [6.07, 6.45) is -3.62. The quantitative estimate of drug-likeness (QED) is 0.715. The van der Waals surface area contributed by atoms with Crippen molar-refractivity contribution in [2.75, 3.05) is 0 Å². The number of pyridine rings is 1. The monoisotopic (exact) mass is 341 g/mol. The van der Waals surface area contributed by atoms with Crippen LogP contribution in [0.25, 0.3) is 17.3 Å². The standard InChI is InChI=1S/C14H7ClF3N3O2/c15-10-4-2-1-3-9(10)12-20-21(13(22)23-12)11-7-8(5-6-19-11)14(16,17)18/h1-7H. The Balaban J connectivity index is 2.09. The Kier molecular flexibility index (Phi) is 3.69. The van der Waals surface area contributed by atoms with Gasteiger partial charge >= 0.3 is 11.9 Å². The molecule has 3 aromatic rings. The van der Waals surface area contributed by atoms with E-state index in [1.807, 2.05) is 0 Å². The van der Waals surface area contributed by atoms with Crippen molar-refractivity contribution in [3.8, 4) is 17.3 Å². The molecule has 5 nitrogen and oxygen atoms in total. The lowest BCUT2D eigenvalue weighted by Gasteiger charge is -2.06. The summed E-state index contributed by atoms with van der Waals surface area (Å²) in [6.45, 7) is 0. The summed E-state index contributed by atoms with van der Waals surface area (Å²) in [5.41, 5.74) is -0.603. The average Bonchev–Trinajstić information content (AvgIpc) is 2.89. The Bertz CT molecular complexity index is 918. The van der Waals surface area contributed by atoms with Crippen LogP contribution in [0.2, 0.25) is 5.02 Å². The van der Waals surface area contributed by atoms with Gasteiger partial charge in [0.15, 0.2) is 5.82 Å². The Labute approximate surface area is 132 Å². The number of rotatable bonds is 2. The molecule has 0 radical (unpaired) electrons. The van der Waals surface area contributed by atoms with Crippen LogP contribution < -0.4 is 5.76 Å². The zero-order valence-electron chi connectivity index (χ0n) is 11.2. The number of hydrogen-bond donors (Lipinski definition) is 0. The minimum Gasteiger partial charge on any atom is -0.387 e. The molecule has 2 heterocycles. The van der Waals surface area contributed by atoms with Crippen molar-refractivity contribution in [2.24, 2.45) is 0 Å². The second-order valence-corrected chi connectivity index (χ2v) is 4.87. The van der Waals surface area contributed by atoms with Gasteiger partial charge in [-0.05, 0) is 24.3 Å². The van der Waals surface area contributed by atoms with Gasteiger partial charge in [0.2, 0.25) is 0 Å². The molecule has 0 bridgehead atoms. The maximum atomic E-state index is 12.7. The van der Waals surface area contributed by atoms with Gasteiger partial charge in [-0.2, -0.15) is 13.2 Å². The van der Waals surface area contributed by atoms with E-state index in [9.17, 15) is 18.0 Å². The normalized spacial score (nSPS) is 11.7. The van der Waals surface area contributed by atoms with Gasteiger partial charge in [-0.3, -0.25) is 0 Å². The average molecular weight is 342 g/mol. The number of alkyl halides is 3. The highest BCUT2D eigenvalue weighted by molar-refractivity contribution is 6.33. The van der Waals surface area contributed by atoms with Crippen LogP contribution in [-0.2, 0) is 6.18 Å². The van der Waals surface area contributed by atoms with E-state index in [0.29, 0.717) is 16.3 Å². The van der Waals surface area contributed by atoms with Gasteiger partial charge < -0.3 is 4.42 Å². The van der Waals surface area contributed by atoms with Gasteiger partial charge in [-0.15, -0.1) is 9.78 Å². The predicted octanol–water partition coefficient (Wildman–Crippen LogP) is 3.56. The van der Waals surface area contributed by atoms with Crippen LogP contribution in [0.5, 0.6) is 0 Å². The molecular weight excluding hydrogens is 335 g/mol. The Morgan fingerprint density at radius 1 is 1.17 bits per heavy atom. The van der Waals surface area contributed by atoms with Gasteiger partial charge in [-0.25, -0.2) is 9.78 Å². The molecule has 1 aromatic carbocycles. The summed E-state index contributed by atoms with van der Waals surface area (Å²) in [7, 11) is 0. The lowest BCUT2D eigenvalue weighted by Crippen LogP contribution is -2.16. The minimum atomic E-state index is -4.56. The molecule has 9 heteroatoms. The molecule has 2 aromatic heterocycles. The topological polar surface area (TPSA) is 60.9 Å². The van der Waals surface area contributed by atoms with E-state index in [4.69, 9.17) is 16.0 Å². The van der Waals surface area contributed by atoms with Crippen molar-refractivity contribution in [1.82, 2.24) is 14.8 Å². The third kappa shape index (κ3) is 2.98. The molecule has 0 amide bonds. The zero-order chi connectivity index (χ0) is 16.6. The predicted molar refractivity (Wildman–Crippen MR) is 75.3 cm³/mol. The fourth-order valence-electron chi connectivity index (χ4n) is 1.88. The number of hydrogen-bond acceptors (Lipinski definition) is 4. The fraction of sp³-hybridized carbons (Fsp3) is 0.0714. The number of benzene rings is 1. The second-order valence-electron chi connectivity index (χ2n) is 4.47. The van der Waals surface area contributed by atoms with Crippen molar-refractivity contribution in [3.63, 3.8) is 0 Å². The van der Waals surface area contributed by atoms with Gasteiger partial charge in [0.1, 0.15) is 0 Å². The maximum absolute atomic E-state index is 12.7. The van der Waals surface area contributed by atoms with Crippen molar-refractivity contribution in [1.29, 1.82) is 0 Å².